The van der Waals surface area contributed by atoms with Crippen molar-refractivity contribution in [1.82, 2.24) is 0 Å². The van der Waals surface area contributed by atoms with E-state index in [4.69, 9.17) is 16.3 Å². The van der Waals surface area contributed by atoms with Crippen molar-refractivity contribution in [2.75, 3.05) is 17.3 Å². The summed E-state index contributed by atoms with van der Waals surface area (Å²) in [6.45, 7) is 1.78. The highest BCUT2D eigenvalue weighted by molar-refractivity contribution is 6.46. The molecule has 31 heavy (non-hydrogen) atoms. The van der Waals surface area contributed by atoms with Gasteiger partial charge in [0.05, 0.1) is 18.4 Å². The number of carbonyl (C=O) groups excluding carboxylic acids is 2. The van der Waals surface area contributed by atoms with Gasteiger partial charge in [-0.2, -0.15) is 0 Å². The molecule has 1 N–H and O–H groups in total. The number of imide groups is 1. The molecule has 0 bridgehead atoms. The molecule has 0 radical (unpaired) electrons. The van der Waals surface area contributed by atoms with Gasteiger partial charge in [0.25, 0.3) is 11.8 Å². The Morgan fingerprint density at radius 3 is 2.23 bits per heavy atom. The van der Waals surface area contributed by atoms with Gasteiger partial charge in [-0.25, -0.2) is 9.29 Å². The van der Waals surface area contributed by atoms with E-state index in [1.807, 2.05) is 0 Å². The lowest BCUT2D eigenvalue weighted by atomic mass is 10.0. The maximum Gasteiger partial charge on any atom is 0.282 e. The monoisotopic (exact) mass is 436 g/mol. The summed E-state index contributed by atoms with van der Waals surface area (Å²) < 4.78 is 18.5. The van der Waals surface area contributed by atoms with E-state index in [0.29, 0.717) is 33.3 Å². The van der Waals surface area contributed by atoms with Crippen molar-refractivity contribution in [3.63, 3.8) is 0 Å². The van der Waals surface area contributed by atoms with E-state index in [2.05, 4.69) is 5.32 Å². The smallest absolute Gasteiger partial charge is 0.282 e. The van der Waals surface area contributed by atoms with Crippen LogP contribution in [0.1, 0.15) is 11.1 Å². The number of nitrogens with one attached hydrogen (secondary N) is 1. The molecule has 0 unspecified atom stereocenters. The molecule has 3 aromatic carbocycles. The van der Waals surface area contributed by atoms with E-state index in [1.54, 1.807) is 56.5 Å². The minimum atomic E-state index is -0.509. The van der Waals surface area contributed by atoms with Gasteiger partial charge in [-0.3, -0.25) is 9.59 Å². The number of ether oxygens (including phenoxy) is 1. The van der Waals surface area contributed by atoms with Crippen molar-refractivity contribution >= 4 is 40.4 Å². The fraction of sp³-hybridized carbons (Fsp3) is 0.0833. The van der Waals surface area contributed by atoms with E-state index in [9.17, 15) is 14.0 Å². The lowest BCUT2D eigenvalue weighted by Crippen LogP contribution is -2.33. The van der Waals surface area contributed by atoms with E-state index in [1.165, 1.54) is 24.3 Å². The van der Waals surface area contributed by atoms with Crippen molar-refractivity contribution in [2.45, 2.75) is 6.92 Å². The molecule has 4 rings (SSSR count). The summed E-state index contributed by atoms with van der Waals surface area (Å²) in [6.07, 6.45) is 0. The van der Waals surface area contributed by atoms with Crippen LogP contribution in [-0.2, 0) is 9.59 Å². The number of hydrogen-bond acceptors (Lipinski definition) is 4. The average Bonchev–Trinajstić information content (AvgIpc) is 2.99. The van der Waals surface area contributed by atoms with Gasteiger partial charge >= 0.3 is 0 Å². The standard InChI is InChI=1S/C24H18ClFN2O3/c1-14-13-16(25)5-12-20(14)28-23(29)21(15-3-10-19(31-2)11-4-15)22(24(28)30)27-18-8-6-17(26)7-9-18/h3-13,27H,1-2H3. The topological polar surface area (TPSA) is 58.6 Å². The maximum absolute atomic E-state index is 13.4. The van der Waals surface area contributed by atoms with E-state index < -0.39 is 17.6 Å². The lowest BCUT2D eigenvalue weighted by Gasteiger charge is -2.18. The first kappa shape index (κ1) is 20.6. The van der Waals surface area contributed by atoms with Crippen LogP contribution in [0.25, 0.3) is 5.57 Å². The quantitative estimate of drug-likeness (QED) is 0.559. The van der Waals surface area contributed by atoms with Gasteiger partial charge in [0.15, 0.2) is 0 Å². The fourth-order valence-corrected chi connectivity index (χ4v) is 3.66. The van der Waals surface area contributed by atoms with Crippen molar-refractivity contribution in [1.29, 1.82) is 0 Å². The molecule has 0 atom stereocenters. The van der Waals surface area contributed by atoms with E-state index in [-0.39, 0.29) is 11.3 Å². The summed E-state index contributed by atoms with van der Waals surface area (Å²) in [5.41, 5.74) is 2.49. The maximum atomic E-state index is 13.4. The molecule has 0 aromatic heterocycles. The first-order chi connectivity index (χ1) is 14.9. The summed E-state index contributed by atoms with van der Waals surface area (Å²) in [7, 11) is 1.55. The number of amides is 2. The average molecular weight is 437 g/mol. The molecule has 7 heteroatoms. The normalized spacial score (nSPS) is 13.7. The predicted molar refractivity (Wildman–Crippen MR) is 119 cm³/mol. The Morgan fingerprint density at radius 2 is 1.61 bits per heavy atom. The number of carbonyl (C=O) groups is 2. The SMILES string of the molecule is COc1ccc(C2=C(Nc3ccc(F)cc3)C(=O)N(c3ccc(Cl)cc3C)C2=O)cc1. The highest BCUT2D eigenvalue weighted by Gasteiger charge is 2.40. The molecule has 0 fully saturated rings. The highest BCUT2D eigenvalue weighted by atomic mass is 35.5. The third-order valence-electron chi connectivity index (χ3n) is 4.98. The summed E-state index contributed by atoms with van der Waals surface area (Å²) in [5.74, 6) is -0.752. The molecule has 0 saturated carbocycles. The number of aryl methyl sites for hydroxylation is 1. The van der Waals surface area contributed by atoms with Crippen molar-refractivity contribution in [2.24, 2.45) is 0 Å². The number of halogens is 2. The molecule has 0 aliphatic carbocycles. The molecule has 156 valence electrons. The number of hydrogen-bond donors (Lipinski definition) is 1. The van der Waals surface area contributed by atoms with Crippen LogP contribution in [0.4, 0.5) is 15.8 Å². The zero-order valence-corrected chi connectivity index (χ0v) is 17.5. The Morgan fingerprint density at radius 1 is 0.935 bits per heavy atom. The lowest BCUT2D eigenvalue weighted by molar-refractivity contribution is -0.120. The van der Waals surface area contributed by atoms with E-state index >= 15 is 0 Å². The van der Waals surface area contributed by atoms with Gasteiger partial charge < -0.3 is 10.1 Å². The first-order valence-electron chi connectivity index (χ1n) is 9.45. The number of anilines is 2. The van der Waals surface area contributed by atoms with E-state index in [0.717, 1.165) is 4.90 Å². The summed E-state index contributed by atoms with van der Waals surface area (Å²) in [5, 5.41) is 3.51. The first-order valence-corrected chi connectivity index (χ1v) is 9.83. The van der Waals surface area contributed by atoms with Gasteiger partial charge in [0, 0.05) is 10.7 Å². The molecule has 0 saturated heterocycles. The molecule has 1 aliphatic rings. The fourth-order valence-electron chi connectivity index (χ4n) is 3.44. The van der Waals surface area contributed by atoms with Crippen molar-refractivity contribution in [3.8, 4) is 5.75 Å². The zero-order chi connectivity index (χ0) is 22.1. The van der Waals surface area contributed by atoms with Crippen LogP contribution in [0.2, 0.25) is 5.02 Å². The molecule has 1 aliphatic heterocycles. The number of methoxy groups -OCH3 is 1. The van der Waals surface area contributed by atoms with Crippen LogP contribution in [0, 0.1) is 12.7 Å². The van der Waals surface area contributed by atoms with Crippen LogP contribution in [-0.4, -0.2) is 18.9 Å². The number of rotatable bonds is 5. The molecular weight excluding hydrogens is 419 g/mol. The van der Waals surface area contributed by atoms with Gasteiger partial charge in [-0.1, -0.05) is 23.7 Å². The Labute approximate surface area is 183 Å². The van der Waals surface area contributed by atoms with Crippen LogP contribution in [0.15, 0.2) is 72.4 Å². The van der Waals surface area contributed by atoms with Crippen molar-refractivity contribution < 1.29 is 18.7 Å². The Hall–Kier alpha value is -3.64. The molecule has 5 nitrogen and oxygen atoms in total. The van der Waals surface area contributed by atoms with Crippen molar-refractivity contribution in [3.05, 3.63) is 94.4 Å². The molecular formula is C24H18ClFN2O3. The summed E-state index contributed by atoms with van der Waals surface area (Å²) >= 11 is 6.04. The second-order valence-electron chi connectivity index (χ2n) is 6.99. The molecule has 1 heterocycles. The number of benzene rings is 3. The van der Waals surface area contributed by atoms with Crippen LogP contribution in [0.3, 0.4) is 0 Å². The molecule has 3 aromatic rings. The van der Waals surface area contributed by atoms with Gasteiger partial charge in [-0.15, -0.1) is 0 Å². The van der Waals surface area contributed by atoms with Gasteiger partial charge in [0.2, 0.25) is 0 Å². The van der Waals surface area contributed by atoms with Crippen LogP contribution in [0.5, 0.6) is 5.75 Å². The number of nitrogens with zero attached hydrogens (tertiary/aromatic N) is 1. The zero-order valence-electron chi connectivity index (χ0n) is 16.8. The Balaban J connectivity index is 1.82. The Bertz CT molecular complexity index is 1200. The van der Waals surface area contributed by atoms with Crippen LogP contribution >= 0.6 is 11.6 Å². The third-order valence-corrected chi connectivity index (χ3v) is 5.21. The molecule has 0 spiro atoms. The van der Waals surface area contributed by atoms with Crippen LogP contribution < -0.4 is 15.0 Å². The minimum absolute atomic E-state index is 0.108. The second-order valence-corrected chi connectivity index (χ2v) is 7.42. The van der Waals surface area contributed by atoms with Gasteiger partial charge in [0.1, 0.15) is 17.3 Å². The summed E-state index contributed by atoms with van der Waals surface area (Å²) in [4.78, 5) is 28.0. The summed E-state index contributed by atoms with van der Waals surface area (Å²) in [6, 6.07) is 17.4. The second kappa shape index (κ2) is 8.24. The largest absolute Gasteiger partial charge is 0.497 e. The predicted octanol–water partition coefficient (Wildman–Crippen LogP) is 5.19. The highest BCUT2D eigenvalue weighted by Crippen LogP contribution is 2.36. The third kappa shape index (κ3) is 3.90. The Kier molecular flexibility index (Phi) is 5.48. The minimum Gasteiger partial charge on any atom is -0.497 e. The van der Waals surface area contributed by atoms with Gasteiger partial charge in [-0.05, 0) is 72.6 Å². The molecule has 2 amide bonds.